The molecule has 1 aromatic carbocycles. The lowest BCUT2D eigenvalue weighted by Crippen LogP contribution is -2.48. The topological polar surface area (TPSA) is 64.3 Å². The van der Waals surface area contributed by atoms with Crippen molar-refractivity contribution in [1.82, 2.24) is 0 Å². The quantitative estimate of drug-likeness (QED) is 0.892. The van der Waals surface area contributed by atoms with Crippen LogP contribution in [0.2, 0.25) is 5.02 Å². The molecule has 2 rings (SSSR count). The van der Waals surface area contributed by atoms with Crippen LogP contribution in [0.25, 0.3) is 0 Å². The number of rotatable bonds is 2. The number of benzene rings is 1. The Morgan fingerprint density at radius 2 is 2.33 bits per heavy atom. The first-order chi connectivity index (χ1) is 8.49. The second-order valence-electron chi connectivity index (χ2n) is 4.61. The predicted molar refractivity (Wildman–Crippen MR) is 68.8 cm³/mol. The van der Waals surface area contributed by atoms with E-state index in [0.717, 1.165) is 6.42 Å². The summed E-state index contributed by atoms with van der Waals surface area (Å²) >= 11 is 6.13. The number of nitriles is 1. The number of hydrogen-bond donors (Lipinski definition) is 1. The predicted octanol–water partition coefficient (Wildman–Crippen LogP) is 2.66. The van der Waals surface area contributed by atoms with E-state index in [1.54, 1.807) is 30.0 Å². The highest BCUT2D eigenvalue weighted by atomic mass is 35.5. The van der Waals surface area contributed by atoms with Crippen molar-refractivity contribution in [3.8, 4) is 6.07 Å². The van der Waals surface area contributed by atoms with Crippen LogP contribution in [0.15, 0.2) is 18.2 Å². The molecule has 1 unspecified atom stereocenters. The molecule has 1 heterocycles. The first kappa shape index (κ1) is 12.7. The number of carboxylic acids is 1. The molecule has 1 N–H and O–H groups in total. The Hall–Kier alpha value is -1.73. The minimum Gasteiger partial charge on any atom is -0.480 e. The first-order valence-electron chi connectivity index (χ1n) is 5.70. The van der Waals surface area contributed by atoms with Gasteiger partial charge in [-0.1, -0.05) is 11.6 Å². The Kier molecular flexibility index (Phi) is 3.18. The molecule has 4 nitrogen and oxygen atoms in total. The summed E-state index contributed by atoms with van der Waals surface area (Å²) in [5, 5.41) is 18.6. The molecule has 0 radical (unpaired) electrons. The van der Waals surface area contributed by atoms with Crippen molar-refractivity contribution in [2.24, 2.45) is 0 Å². The average Bonchev–Trinajstić information content (AvgIpc) is 2.72. The van der Waals surface area contributed by atoms with Crippen LogP contribution in [-0.2, 0) is 4.79 Å². The molecule has 94 valence electrons. The fraction of sp³-hybridized carbons (Fsp3) is 0.385. The van der Waals surface area contributed by atoms with E-state index in [1.807, 2.05) is 6.07 Å². The molecule has 1 aliphatic rings. The van der Waals surface area contributed by atoms with E-state index in [2.05, 4.69) is 0 Å². The summed E-state index contributed by atoms with van der Waals surface area (Å²) in [7, 11) is 0. The van der Waals surface area contributed by atoms with Crippen molar-refractivity contribution in [1.29, 1.82) is 5.26 Å². The molecule has 1 saturated heterocycles. The van der Waals surface area contributed by atoms with Gasteiger partial charge in [-0.15, -0.1) is 0 Å². The zero-order chi connectivity index (χ0) is 13.3. The minimum absolute atomic E-state index is 0.420. The summed E-state index contributed by atoms with van der Waals surface area (Å²) in [6.07, 6.45) is 1.41. The Balaban J connectivity index is 2.43. The summed E-state index contributed by atoms with van der Waals surface area (Å²) in [5.41, 5.74) is 0.232. The number of aliphatic carboxylic acids is 1. The zero-order valence-corrected chi connectivity index (χ0v) is 10.7. The molecule has 0 bridgehead atoms. The van der Waals surface area contributed by atoms with Crippen LogP contribution in [-0.4, -0.2) is 23.2 Å². The van der Waals surface area contributed by atoms with E-state index in [1.165, 1.54) is 0 Å². The number of nitrogens with zero attached hydrogens (tertiary/aromatic N) is 2. The highest BCUT2D eigenvalue weighted by Crippen LogP contribution is 2.38. The van der Waals surface area contributed by atoms with Gasteiger partial charge in [0.1, 0.15) is 5.54 Å². The Morgan fingerprint density at radius 1 is 1.61 bits per heavy atom. The Morgan fingerprint density at radius 3 is 2.89 bits per heavy atom. The van der Waals surface area contributed by atoms with Gasteiger partial charge in [-0.3, -0.25) is 0 Å². The third-order valence-corrected chi connectivity index (χ3v) is 3.77. The third kappa shape index (κ3) is 1.91. The number of halogens is 1. The molecule has 1 fully saturated rings. The van der Waals surface area contributed by atoms with Crippen LogP contribution in [0.5, 0.6) is 0 Å². The molecule has 0 amide bonds. The van der Waals surface area contributed by atoms with Crippen molar-refractivity contribution in [2.75, 3.05) is 11.4 Å². The maximum absolute atomic E-state index is 11.4. The van der Waals surface area contributed by atoms with E-state index in [-0.39, 0.29) is 0 Å². The molecule has 1 atom stereocenters. The summed E-state index contributed by atoms with van der Waals surface area (Å²) in [6.45, 7) is 2.37. The minimum atomic E-state index is -0.919. The average molecular weight is 265 g/mol. The summed E-state index contributed by atoms with van der Waals surface area (Å²) in [6, 6.07) is 6.95. The molecule has 0 aliphatic carbocycles. The molecular weight excluding hydrogens is 252 g/mol. The Labute approximate surface area is 110 Å². The molecule has 1 aliphatic heterocycles. The second-order valence-corrected chi connectivity index (χ2v) is 5.02. The standard InChI is InChI=1S/C13H13ClN2O2/c1-13(12(17)18)5-2-6-16(13)11-4-3-9(8-15)7-10(11)14/h3-4,7H,2,5-6H2,1H3,(H,17,18). The van der Waals surface area contributed by atoms with Crippen LogP contribution in [0, 0.1) is 11.3 Å². The van der Waals surface area contributed by atoms with Gasteiger partial charge in [-0.05, 0) is 38.0 Å². The number of anilines is 1. The van der Waals surface area contributed by atoms with Gasteiger partial charge < -0.3 is 10.0 Å². The lowest BCUT2D eigenvalue weighted by molar-refractivity contribution is -0.142. The lowest BCUT2D eigenvalue weighted by Gasteiger charge is -2.33. The van der Waals surface area contributed by atoms with Gasteiger partial charge in [0.25, 0.3) is 0 Å². The molecule has 0 saturated carbocycles. The van der Waals surface area contributed by atoms with Gasteiger partial charge >= 0.3 is 5.97 Å². The molecule has 0 spiro atoms. The number of carboxylic acid groups (broad SMARTS) is 1. The van der Waals surface area contributed by atoms with Gasteiger partial charge in [0.05, 0.1) is 22.3 Å². The van der Waals surface area contributed by atoms with Crippen LogP contribution >= 0.6 is 11.6 Å². The molecule has 5 heteroatoms. The monoisotopic (exact) mass is 264 g/mol. The van der Waals surface area contributed by atoms with Gasteiger partial charge in [-0.2, -0.15) is 5.26 Å². The van der Waals surface area contributed by atoms with Gasteiger partial charge in [0.15, 0.2) is 0 Å². The smallest absolute Gasteiger partial charge is 0.329 e. The van der Waals surface area contributed by atoms with Gasteiger partial charge in [-0.25, -0.2) is 4.79 Å². The molecule has 18 heavy (non-hydrogen) atoms. The third-order valence-electron chi connectivity index (χ3n) is 3.47. The highest BCUT2D eigenvalue weighted by Gasteiger charge is 2.44. The fourth-order valence-electron chi connectivity index (χ4n) is 2.37. The summed E-state index contributed by atoms with van der Waals surface area (Å²) in [5.74, 6) is -0.847. The van der Waals surface area contributed by atoms with Gasteiger partial charge in [0, 0.05) is 6.54 Å². The summed E-state index contributed by atoms with van der Waals surface area (Å²) < 4.78 is 0. The Bertz CT molecular complexity index is 538. The van der Waals surface area contributed by atoms with Crippen LogP contribution < -0.4 is 4.90 Å². The van der Waals surface area contributed by atoms with Crippen molar-refractivity contribution >= 4 is 23.3 Å². The maximum atomic E-state index is 11.4. The number of hydrogen-bond acceptors (Lipinski definition) is 3. The van der Waals surface area contributed by atoms with E-state index in [9.17, 15) is 9.90 Å². The van der Waals surface area contributed by atoms with Crippen LogP contribution in [0.1, 0.15) is 25.3 Å². The van der Waals surface area contributed by atoms with Gasteiger partial charge in [0.2, 0.25) is 0 Å². The molecule has 1 aromatic rings. The molecular formula is C13H13ClN2O2. The van der Waals surface area contributed by atoms with E-state index >= 15 is 0 Å². The largest absolute Gasteiger partial charge is 0.480 e. The van der Waals surface area contributed by atoms with Crippen molar-refractivity contribution < 1.29 is 9.90 Å². The van der Waals surface area contributed by atoms with Crippen molar-refractivity contribution in [3.05, 3.63) is 28.8 Å². The SMILES string of the molecule is CC1(C(=O)O)CCCN1c1ccc(C#N)cc1Cl. The van der Waals surface area contributed by atoms with E-state index in [0.29, 0.717) is 29.2 Å². The zero-order valence-electron chi connectivity index (χ0n) is 9.98. The van der Waals surface area contributed by atoms with Crippen LogP contribution in [0.3, 0.4) is 0 Å². The van der Waals surface area contributed by atoms with Crippen molar-refractivity contribution in [2.45, 2.75) is 25.3 Å². The lowest BCUT2D eigenvalue weighted by atomic mass is 9.98. The fourth-order valence-corrected chi connectivity index (χ4v) is 2.65. The first-order valence-corrected chi connectivity index (χ1v) is 6.07. The second kappa shape index (κ2) is 4.51. The highest BCUT2D eigenvalue weighted by molar-refractivity contribution is 6.33. The molecule has 0 aromatic heterocycles. The van der Waals surface area contributed by atoms with E-state index in [4.69, 9.17) is 16.9 Å². The maximum Gasteiger partial charge on any atom is 0.329 e. The normalized spacial score (nSPS) is 22.8. The van der Waals surface area contributed by atoms with E-state index < -0.39 is 11.5 Å². The van der Waals surface area contributed by atoms with Crippen LogP contribution in [0.4, 0.5) is 5.69 Å². The summed E-state index contributed by atoms with van der Waals surface area (Å²) in [4.78, 5) is 13.2. The number of carbonyl (C=O) groups is 1. The van der Waals surface area contributed by atoms with Crippen molar-refractivity contribution in [3.63, 3.8) is 0 Å².